The molecule has 16 heavy (non-hydrogen) atoms. The van der Waals surface area contributed by atoms with Gasteiger partial charge in [-0.15, -0.1) is 0 Å². The van der Waals surface area contributed by atoms with Crippen LogP contribution < -0.4 is 0 Å². The van der Waals surface area contributed by atoms with Crippen molar-refractivity contribution in [2.24, 2.45) is 0 Å². The van der Waals surface area contributed by atoms with Crippen LogP contribution in [0.25, 0.3) is 0 Å². The Hall–Kier alpha value is -1.17. The predicted octanol–water partition coefficient (Wildman–Crippen LogP) is -1.25. The summed E-state index contributed by atoms with van der Waals surface area (Å²) >= 11 is 0. The smallest absolute Gasteiger partial charge is 0.322 e. The molecule has 1 aliphatic rings. The number of nitrogens with zero attached hydrogens (tertiary/aromatic N) is 2. The van der Waals surface area contributed by atoms with Gasteiger partial charge in [-0.05, 0) is 6.92 Å². The highest BCUT2D eigenvalue weighted by molar-refractivity contribution is 7.90. The van der Waals surface area contributed by atoms with E-state index in [2.05, 4.69) is 0 Å². The molecule has 1 fully saturated rings. The number of carbonyl (C=O) groups is 1. The Balaban J connectivity index is 3.04. The molecule has 90 valence electrons. The number of aliphatic hydroxyl groups is 1. The first-order valence-electron chi connectivity index (χ1n) is 4.62. The summed E-state index contributed by atoms with van der Waals surface area (Å²) in [6.45, 7) is 0.907. The van der Waals surface area contributed by atoms with Gasteiger partial charge in [-0.1, -0.05) is 0 Å². The summed E-state index contributed by atoms with van der Waals surface area (Å²) in [6, 6.07) is 0.271. The number of aliphatic hydroxyl groups excluding tert-OH is 1. The minimum absolute atomic E-state index is 0.146. The van der Waals surface area contributed by atoms with Crippen LogP contribution in [0.3, 0.4) is 0 Å². The van der Waals surface area contributed by atoms with Crippen LogP contribution in [0.15, 0.2) is 0 Å². The highest BCUT2D eigenvalue weighted by Crippen LogP contribution is 2.24. The van der Waals surface area contributed by atoms with Gasteiger partial charge >= 0.3 is 5.97 Å². The molecular weight excluding hydrogens is 236 g/mol. The molecule has 0 saturated carbocycles. The number of hydrogen-bond acceptors (Lipinski definition) is 5. The highest BCUT2D eigenvalue weighted by atomic mass is 32.2. The van der Waals surface area contributed by atoms with Crippen molar-refractivity contribution in [3.63, 3.8) is 0 Å². The lowest BCUT2D eigenvalue weighted by molar-refractivity contribution is -0.140. The van der Waals surface area contributed by atoms with Crippen LogP contribution in [0.2, 0.25) is 0 Å². The third-order valence-electron chi connectivity index (χ3n) is 2.47. The van der Waals surface area contributed by atoms with Crippen molar-refractivity contribution in [1.29, 1.82) is 5.26 Å². The van der Waals surface area contributed by atoms with Gasteiger partial charge in [-0.25, -0.2) is 8.42 Å². The fraction of sp³-hybridized carbons (Fsp3) is 0.750. The lowest BCUT2D eigenvalue weighted by Gasteiger charge is -2.21. The molecule has 1 saturated heterocycles. The molecule has 0 aromatic carbocycles. The van der Waals surface area contributed by atoms with Crippen molar-refractivity contribution in [1.82, 2.24) is 4.31 Å². The summed E-state index contributed by atoms with van der Waals surface area (Å²) in [5.41, 5.74) is 0. The van der Waals surface area contributed by atoms with E-state index in [9.17, 15) is 18.3 Å². The number of sulfonamides is 1. The molecule has 1 aliphatic heterocycles. The first kappa shape index (κ1) is 12.9. The maximum absolute atomic E-state index is 11.8. The molecule has 1 rings (SSSR count). The van der Waals surface area contributed by atoms with E-state index in [-0.39, 0.29) is 13.0 Å². The zero-order valence-corrected chi connectivity index (χ0v) is 9.38. The number of carboxylic acid groups (broad SMARTS) is 1. The van der Waals surface area contributed by atoms with Gasteiger partial charge in [0.2, 0.25) is 10.0 Å². The van der Waals surface area contributed by atoms with Crippen LogP contribution in [0, 0.1) is 11.3 Å². The number of hydrogen-bond donors (Lipinski definition) is 2. The minimum atomic E-state index is -3.98. The molecule has 8 heteroatoms. The molecule has 0 bridgehead atoms. The maximum atomic E-state index is 11.8. The van der Waals surface area contributed by atoms with Crippen LogP contribution in [-0.4, -0.2) is 52.8 Å². The molecule has 0 radical (unpaired) electrons. The SMILES string of the molecule is CC(C#N)S(=O)(=O)N1CC(O)C[C@H]1C(=O)O. The summed E-state index contributed by atoms with van der Waals surface area (Å²) in [7, 11) is -3.98. The fourth-order valence-electron chi connectivity index (χ4n) is 1.56. The predicted molar refractivity (Wildman–Crippen MR) is 52.7 cm³/mol. The van der Waals surface area contributed by atoms with Crippen molar-refractivity contribution < 1.29 is 23.4 Å². The second kappa shape index (κ2) is 4.37. The second-order valence-corrected chi connectivity index (χ2v) is 5.84. The van der Waals surface area contributed by atoms with E-state index in [1.807, 2.05) is 0 Å². The molecule has 0 aromatic rings. The Bertz CT molecular complexity index is 426. The van der Waals surface area contributed by atoms with Crippen molar-refractivity contribution in [3.05, 3.63) is 0 Å². The van der Waals surface area contributed by atoms with Crippen molar-refractivity contribution in [3.8, 4) is 6.07 Å². The maximum Gasteiger partial charge on any atom is 0.322 e. The third kappa shape index (κ3) is 2.16. The van der Waals surface area contributed by atoms with Crippen molar-refractivity contribution in [2.75, 3.05) is 6.54 Å². The van der Waals surface area contributed by atoms with E-state index in [0.29, 0.717) is 4.31 Å². The van der Waals surface area contributed by atoms with E-state index in [0.717, 1.165) is 0 Å². The molecule has 0 aliphatic carbocycles. The van der Waals surface area contributed by atoms with Gasteiger partial charge in [-0.2, -0.15) is 9.57 Å². The Kier molecular flexibility index (Phi) is 3.52. The van der Waals surface area contributed by atoms with Crippen LogP contribution in [-0.2, 0) is 14.8 Å². The lowest BCUT2D eigenvalue weighted by Crippen LogP contribution is -2.44. The van der Waals surface area contributed by atoms with E-state index >= 15 is 0 Å². The highest BCUT2D eigenvalue weighted by Gasteiger charge is 2.44. The summed E-state index contributed by atoms with van der Waals surface area (Å²) < 4.78 is 24.2. The van der Waals surface area contributed by atoms with E-state index < -0.39 is 33.4 Å². The molecule has 0 amide bonds. The second-order valence-electron chi connectivity index (χ2n) is 3.63. The fourth-order valence-corrected chi connectivity index (χ4v) is 3.01. The molecular formula is C8H12N2O5S. The van der Waals surface area contributed by atoms with Gasteiger partial charge in [-0.3, -0.25) is 4.79 Å². The Morgan fingerprint density at radius 2 is 2.19 bits per heavy atom. The Morgan fingerprint density at radius 1 is 1.62 bits per heavy atom. The van der Waals surface area contributed by atoms with Gasteiger partial charge in [0.05, 0.1) is 12.2 Å². The van der Waals surface area contributed by atoms with Crippen LogP contribution in [0.4, 0.5) is 0 Å². The molecule has 3 atom stereocenters. The van der Waals surface area contributed by atoms with Gasteiger partial charge in [0, 0.05) is 13.0 Å². The molecule has 2 unspecified atom stereocenters. The normalized spacial score (nSPS) is 28.6. The number of aliphatic carboxylic acids is 1. The van der Waals surface area contributed by atoms with Gasteiger partial charge in [0.15, 0.2) is 5.25 Å². The molecule has 7 nitrogen and oxygen atoms in total. The summed E-state index contributed by atoms with van der Waals surface area (Å²) in [5.74, 6) is -1.31. The van der Waals surface area contributed by atoms with Crippen LogP contribution >= 0.6 is 0 Å². The Morgan fingerprint density at radius 3 is 2.62 bits per heavy atom. The topological polar surface area (TPSA) is 119 Å². The van der Waals surface area contributed by atoms with Crippen molar-refractivity contribution in [2.45, 2.75) is 30.7 Å². The van der Waals surface area contributed by atoms with Crippen LogP contribution in [0.1, 0.15) is 13.3 Å². The zero-order chi connectivity index (χ0) is 12.5. The first-order chi connectivity index (χ1) is 7.30. The summed E-state index contributed by atoms with van der Waals surface area (Å²) in [4.78, 5) is 10.8. The molecule has 0 aromatic heterocycles. The number of carboxylic acids is 1. The standard InChI is InChI=1S/C8H12N2O5S/c1-5(3-9)16(14,15)10-4-6(11)2-7(10)8(12)13/h5-7,11H,2,4H2,1H3,(H,12,13)/t5?,6?,7-/m0/s1. The number of nitriles is 1. The van der Waals surface area contributed by atoms with Crippen molar-refractivity contribution >= 4 is 16.0 Å². The van der Waals surface area contributed by atoms with Gasteiger partial charge in [0.25, 0.3) is 0 Å². The molecule has 0 spiro atoms. The van der Waals surface area contributed by atoms with Gasteiger partial charge < -0.3 is 10.2 Å². The summed E-state index contributed by atoms with van der Waals surface area (Å²) in [5, 5.41) is 25.3. The monoisotopic (exact) mass is 248 g/mol. The quantitative estimate of drug-likeness (QED) is 0.644. The van der Waals surface area contributed by atoms with E-state index in [1.54, 1.807) is 6.07 Å². The van der Waals surface area contributed by atoms with Gasteiger partial charge in [0.1, 0.15) is 6.04 Å². The van der Waals surface area contributed by atoms with E-state index in [1.165, 1.54) is 6.92 Å². The lowest BCUT2D eigenvalue weighted by atomic mass is 10.2. The molecule has 1 heterocycles. The van der Waals surface area contributed by atoms with E-state index in [4.69, 9.17) is 10.4 Å². The minimum Gasteiger partial charge on any atom is -0.480 e. The number of rotatable bonds is 3. The third-order valence-corrected chi connectivity index (χ3v) is 4.53. The number of β-amino-alcohol motifs (C(OH)–C–C–N with tert-alkyl or cyclic N) is 1. The first-order valence-corrected chi connectivity index (χ1v) is 6.12. The average molecular weight is 248 g/mol. The van der Waals surface area contributed by atoms with Crippen LogP contribution in [0.5, 0.6) is 0 Å². The zero-order valence-electron chi connectivity index (χ0n) is 8.57. The summed E-state index contributed by atoms with van der Waals surface area (Å²) in [6.07, 6.45) is -1.14. The Labute approximate surface area is 93.0 Å². The largest absolute Gasteiger partial charge is 0.480 e. The average Bonchev–Trinajstić information content (AvgIpc) is 2.59. The molecule has 2 N–H and O–H groups in total.